The zero-order valence-corrected chi connectivity index (χ0v) is 13.3. The van der Waals surface area contributed by atoms with E-state index in [9.17, 15) is 0 Å². The van der Waals surface area contributed by atoms with Crippen molar-refractivity contribution in [3.63, 3.8) is 0 Å². The number of aromatic nitrogens is 2. The summed E-state index contributed by atoms with van der Waals surface area (Å²) in [4.78, 5) is 0. The predicted molar refractivity (Wildman–Crippen MR) is 79.3 cm³/mol. The quantitative estimate of drug-likeness (QED) is 0.740. The SMILES string of the molecule is COCCNCc1c(C)nn(CCC(C)(C)C#N)c1C. The van der Waals surface area contributed by atoms with Crippen LogP contribution >= 0.6 is 0 Å². The Morgan fingerprint density at radius 3 is 2.70 bits per heavy atom. The van der Waals surface area contributed by atoms with Gasteiger partial charge in [-0.3, -0.25) is 4.68 Å². The van der Waals surface area contributed by atoms with Crippen LogP contribution in [0.5, 0.6) is 0 Å². The molecule has 112 valence electrons. The largest absolute Gasteiger partial charge is 0.383 e. The molecule has 1 heterocycles. The summed E-state index contributed by atoms with van der Waals surface area (Å²) in [6, 6.07) is 2.33. The van der Waals surface area contributed by atoms with Gasteiger partial charge >= 0.3 is 0 Å². The number of nitrogens with one attached hydrogen (secondary N) is 1. The highest BCUT2D eigenvalue weighted by molar-refractivity contribution is 5.24. The molecule has 0 saturated heterocycles. The monoisotopic (exact) mass is 278 g/mol. The molecule has 20 heavy (non-hydrogen) atoms. The molecule has 1 rings (SSSR count). The van der Waals surface area contributed by atoms with Crippen LogP contribution in [0.15, 0.2) is 0 Å². The zero-order chi connectivity index (χ0) is 15.2. The second-order valence-corrected chi connectivity index (χ2v) is 5.79. The molecule has 1 aromatic heterocycles. The van der Waals surface area contributed by atoms with E-state index in [1.54, 1.807) is 7.11 Å². The molecule has 1 aromatic rings. The van der Waals surface area contributed by atoms with Crippen molar-refractivity contribution in [1.29, 1.82) is 5.26 Å². The summed E-state index contributed by atoms with van der Waals surface area (Å²) in [5.41, 5.74) is 3.18. The molecule has 0 amide bonds. The summed E-state index contributed by atoms with van der Waals surface area (Å²) in [5.74, 6) is 0. The molecule has 0 fully saturated rings. The molecule has 0 aliphatic carbocycles. The van der Waals surface area contributed by atoms with Gasteiger partial charge in [-0.25, -0.2) is 0 Å². The first-order chi connectivity index (χ1) is 9.41. The molecule has 0 unspecified atom stereocenters. The average Bonchev–Trinajstić information content (AvgIpc) is 2.68. The van der Waals surface area contributed by atoms with Gasteiger partial charge in [0.15, 0.2) is 0 Å². The maximum Gasteiger partial charge on any atom is 0.0684 e. The Hall–Kier alpha value is -1.38. The van der Waals surface area contributed by atoms with Crippen LogP contribution in [0.4, 0.5) is 0 Å². The molecule has 1 N–H and O–H groups in total. The van der Waals surface area contributed by atoms with Gasteiger partial charge in [-0.1, -0.05) is 0 Å². The van der Waals surface area contributed by atoms with Crippen molar-refractivity contribution >= 4 is 0 Å². The van der Waals surface area contributed by atoms with E-state index in [2.05, 4.69) is 23.4 Å². The first-order valence-corrected chi connectivity index (χ1v) is 7.05. The average molecular weight is 278 g/mol. The van der Waals surface area contributed by atoms with Crippen molar-refractivity contribution in [2.24, 2.45) is 5.41 Å². The zero-order valence-electron chi connectivity index (χ0n) is 13.3. The Morgan fingerprint density at radius 2 is 2.10 bits per heavy atom. The van der Waals surface area contributed by atoms with E-state index in [1.165, 1.54) is 11.3 Å². The third-order valence-corrected chi connectivity index (χ3v) is 3.57. The molecule has 0 saturated carbocycles. The number of rotatable bonds is 8. The fourth-order valence-corrected chi connectivity index (χ4v) is 2.04. The van der Waals surface area contributed by atoms with Crippen molar-refractivity contribution < 1.29 is 4.74 Å². The van der Waals surface area contributed by atoms with Crippen LogP contribution in [-0.2, 0) is 17.8 Å². The van der Waals surface area contributed by atoms with E-state index < -0.39 is 0 Å². The Morgan fingerprint density at radius 1 is 1.40 bits per heavy atom. The Labute approximate surface area is 121 Å². The van der Waals surface area contributed by atoms with Crippen LogP contribution in [0.3, 0.4) is 0 Å². The topological polar surface area (TPSA) is 62.9 Å². The van der Waals surface area contributed by atoms with Gasteiger partial charge in [-0.15, -0.1) is 0 Å². The normalized spacial score (nSPS) is 11.6. The Balaban J connectivity index is 2.64. The van der Waals surface area contributed by atoms with Gasteiger partial charge in [-0.05, 0) is 34.1 Å². The van der Waals surface area contributed by atoms with Crippen LogP contribution in [0.2, 0.25) is 0 Å². The number of nitriles is 1. The van der Waals surface area contributed by atoms with Crippen molar-refractivity contribution in [2.75, 3.05) is 20.3 Å². The van der Waals surface area contributed by atoms with Gasteiger partial charge in [0.25, 0.3) is 0 Å². The Kier molecular flexibility index (Phi) is 6.18. The van der Waals surface area contributed by atoms with E-state index in [0.29, 0.717) is 6.61 Å². The van der Waals surface area contributed by atoms with Crippen LogP contribution in [0.25, 0.3) is 0 Å². The number of nitrogens with zero attached hydrogens (tertiary/aromatic N) is 3. The molecule has 5 nitrogen and oxygen atoms in total. The lowest BCUT2D eigenvalue weighted by Crippen LogP contribution is -2.19. The first kappa shape index (κ1) is 16.7. The molecular formula is C15H26N4O. The van der Waals surface area contributed by atoms with E-state index in [-0.39, 0.29) is 5.41 Å². The van der Waals surface area contributed by atoms with Crippen molar-refractivity contribution in [3.05, 3.63) is 17.0 Å². The number of hydrogen-bond acceptors (Lipinski definition) is 4. The van der Waals surface area contributed by atoms with E-state index in [1.807, 2.05) is 25.5 Å². The van der Waals surface area contributed by atoms with Gasteiger partial charge in [0.2, 0.25) is 0 Å². The Bertz CT molecular complexity index is 471. The molecule has 0 bridgehead atoms. The lowest BCUT2D eigenvalue weighted by Gasteiger charge is -2.15. The predicted octanol–water partition coefficient (Wildman–Crippen LogP) is 2.18. The van der Waals surface area contributed by atoms with E-state index in [4.69, 9.17) is 10.00 Å². The molecule has 0 aromatic carbocycles. The summed E-state index contributed by atoms with van der Waals surface area (Å²) in [6.45, 7) is 11.2. The van der Waals surface area contributed by atoms with Gasteiger partial charge in [0, 0.05) is 38.0 Å². The number of methoxy groups -OCH3 is 1. The van der Waals surface area contributed by atoms with Crippen molar-refractivity contribution in [1.82, 2.24) is 15.1 Å². The molecule has 0 atom stereocenters. The van der Waals surface area contributed by atoms with Crippen molar-refractivity contribution in [2.45, 2.75) is 47.2 Å². The standard InChI is InChI=1S/C15H26N4O/c1-12-14(10-17-7-9-20-5)13(2)19(18-12)8-6-15(3,4)11-16/h17H,6-10H2,1-5H3. The molecule has 0 aliphatic heterocycles. The lowest BCUT2D eigenvalue weighted by atomic mass is 9.91. The van der Waals surface area contributed by atoms with Gasteiger partial charge in [0.1, 0.15) is 0 Å². The fraction of sp³-hybridized carbons (Fsp3) is 0.733. The lowest BCUT2D eigenvalue weighted by molar-refractivity contribution is 0.199. The molecule has 0 radical (unpaired) electrons. The maximum absolute atomic E-state index is 9.07. The van der Waals surface area contributed by atoms with Gasteiger partial charge in [-0.2, -0.15) is 10.4 Å². The number of aryl methyl sites for hydroxylation is 2. The summed E-state index contributed by atoms with van der Waals surface area (Å²) in [7, 11) is 1.70. The highest BCUT2D eigenvalue weighted by Crippen LogP contribution is 2.21. The fourth-order valence-electron chi connectivity index (χ4n) is 2.04. The van der Waals surface area contributed by atoms with Gasteiger partial charge < -0.3 is 10.1 Å². The minimum absolute atomic E-state index is 0.302. The van der Waals surface area contributed by atoms with Crippen molar-refractivity contribution in [3.8, 4) is 6.07 Å². The molecule has 0 spiro atoms. The van der Waals surface area contributed by atoms with Crippen LogP contribution in [-0.4, -0.2) is 30.0 Å². The summed E-state index contributed by atoms with van der Waals surface area (Å²) in [6.07, 6.45) is 0.808. The molecular weight excluding hydrogens is 252 g/mol. The summed E-state index contributed by atoms with van der Waals surface area (Å²) < 4.78 is 7.04. The molecule has 0 aliphatic rings. The van der Waals surface area contributed by atoms with Crippen LogP contribution in [0, 0.1) is 30.6 Å². The number of ether oxygens (including phenoxy) is 1. The van der Waals surface area contributed by atoms with E-state index >= 15 is 0 Å². The summed E-state index contributed by atoms with van der Waals surface area (Å²) >= 11 is 0. The molecule has 5 heteroatoms. The highest BCUT2D eigenvalue weighted by atomic mass is 16.5. The highest BCUT2D eigenvalue weighted by Gasteiger charge is 2.18. The third-order valence-electron chi connectivity index (χ3n) is 3.57. The minimum atomic E-state index is -0.302. The van der Waals surface area contributed by atoms with Crippen LogP contribution < -0.4 is 5.32 Å². The smallest absolute Gasteiger partial charge is 0.0684 e. The first-order valence-electron chi connectivity index (χ1n) is 7.05. The van der Waals surface area contributed by atoms with E-state index in [0.717, 1.165) is 31.7 Å². The summed E-state index contributed by atoms with van der Waals surface area (Å²) in [5, 5.41) is 17.0. The minimum Gasteiger partial charge on any atom is -0.383 e. The third kappa shape index (κ3) is 4.62. The number of hydrogen-bond donors (Lipinski definition) is 1. The maximum atomic E-state index is 9.07. The van der Waals surface area contributed by atoms with Crippen LogP contribution in [0.1, 0.15) is 37.2 Å². The second kappa shape index (κ2) is 7.41. The van der Waals surface area contributed by atoms with Gasteiger partial charge in [0.05, 0.1) is 23.8 Å². The second-order valence-electron chi connectivity index (χ2n) is 5.79.